The molecule has 0 heterocycles. The SMILES string of the molecule is CC(Nc1ccc(OCC(F)(F)F)cc1)C(=O)Nc1cccc(S(=O)(=O)N(C)C)c1. The number of carbonyl (C=O) groups is 1. The maximum Gasteiger partial charge on any atom is 0.422 e. The van der Waals surface area contributed by atoms with Gasteiger partial charge in [-0.15, -0.1) is 0 Å². The Hall–Kier alpha value is -2.79. The first-order valence-electron chi connectivity index (χ1n) is 8.78. The summed E-state index contributed by atoms with van der Waals surface area (Å²) in [5, 5.41) is 5.54. The molecule has 0 aliphatic heterocycles. The molecule has 30 heavy (non-hydrogen) atoms. The molecule has 0 radical (unpaired) electrons. The molecule has 2 rings (SSSR count). The molecule has 0 spiro atoms. The molecule has 2 aromatic carbocycles. The molecule has 0 fully saturated rings. The Morgan fingerprint density at radius 3 is 2.30 bits per heavy atom. The van der Waals surface area contributed by atoms with Crippen LogP contribution in [0, 0.1) is 0 Å². The van der Waals surface area contributed by atoms with E-state index in [0.717, 1.165) is 4.31 Å². The Balaban J connectivity index is 1.98. The number of hydrogen-bond donors (Lipinski definition) is 2. The summed E-state index contributed by atoms with van der Waals surface area (Å²) in [4.78, 5) is 12.5. The quantitative estimate of drug-likeness (QED) is 0.651. The monoisotopic (exact) mass is 445 g/mol. The summed E-state index contributed by atoms with van der Waals surface area (Å²) in [6.45, 7) is 0.199. The number of rotatable bonds is 8. The number of sulfonamides is 1. The Morgan fingerprint density at radius 2 is 1.73 bits per heavy atom. The van der Waals surface area contributed by atoms with Crippen LogP contribution in [-0.2, 0) is 14.8 Å². The second kappa shape index (κ2) is 9.35. The van der Waals surface area contributed by atoms with Gasteiger partial charge >= 0.3 is 6.18 Å². The van der Waals surface area contributed by atoms with Crippen LogP contribution in [0.2, 0.25) is 0 Å². The second-order valence-corrected chi connectivity index (χ2v) is 8.75. The number of benzene rings is 2. The molecular weight excluding hydrogens is 423 g/mol. The molecule has 1 unspecified atom stereocenters. The second-order valence-electron chi connectivity index (χ2n) is 6.60. The van der Waals surface area contributed by atoms with Crippen molar-refractivity contribution in [1.82, 2.24) is 4.31 Å². The third kappa shape index (κ3) is 6.63. The lowest BCUT2D eigenvalue weighted by Crippen LogP contribution is -2.32. The van der Waals surface area contributed by atoms with E-state index in [2.05, 4.69) is 15.4 Å². The number of nitrogens with zero attached hydrogens (tertiary/aromatic N) is 1. The molecule has 0 aliphatic rings. The lowest BCUT2D eigenvalue weighted by atomic mass is 10.2. The third-order valence-corrected chi connectivity index (χ3v) is 5.72. The highest BCUT2D eigenvalue weighted by atomic mass is 32.2. The predicted molar refractivity (Wildman–Crippen MR) is 107 cm³/mol. The fourth-order valence-electron chi connectivity index (χ4n) is 2.32. The molecule has 0 saturated heterocycles. The standard InChI is InChI=1S/C19H22F3N3O4S/c1-13(23-14-7-9-16(10-8-14)29-12-19(20,21)22)18(26)24-15-5-4-6-17(11-15)30(27,28)25(2)3/h4-11,13,23H,12H2,1-3H3,(H,24,26). The maximum atomic E-state index is 12.4. The minimum Gasteiger partial charge on any atom is -0.484 e. The summed E-state index contributed by atoms with van der Waals surface area (Å²) in [6, 6.07) is 10.8. The van der Waals surface area contributed by atoms with Crippen LogP contribution in [0.25, 0.3) is 0 Å². The molecule has 11 heteroatoms. The summed E-state index contributed by atoms with van der Waals surface area (Å²) in [5.41, 5.74) is 0.813. The van der Waals surface area contributed by atoms with Crippen LogP contribution in [0.15, 0.2) is 53.4 Å². The van der Waals surface area contributed by atoms with Crippen LogP contribution in [0.3, 0.4) is 0 Å². The van der Waals surface area contributed by atoms with Gasteiger partial charge in [0.15, 0.2) is 6.61 Å². The smallest absolute Gasteiger partial charge is 0.422 e. The number of hydrogen-bond acceptors (Lipinski definition) is 5. The topological polar surface area (TPSA) is 87.7 Å². The van der Waals surface area contributed by atoms with Crippen LogP contribution in [0.1, 0.15) is 6.92 Å². The van der Waals surface area contributed by atoms with E-state index in [1.807, 2.05) is 0 Å². The Labute approximate surface area is 172 Å². The van der Waals surface area contributed by atoms with E-state index in [-0.39, 0.29) is 10.6 Å². The molecule has 0 bridgehead atoms. The van der Waals surface area contributed by atoms with Gasteiger partial charge in [-0.3, -0.25) is 4.79 Å². The normalized spacial score (nSPS) is 13.0. The van der Waals surface area contributed by atoms with E-state index in [1.165, 1.54) is 56.6 Å². The van der Waals surface area contributed by atoms with Crippen molar-refractivity contribution in [3.05, 3.63) is 48.5 Å². The highest BCUT2D eigenvalue weighted by Crippen LogP contribution is 2.21. The zero-order valence-electron chi connectivity index (χ0n) is 16.5. The number of amides is 1. The van der Waals surface area contributed by atoms with Gasteiger partial charge in [0.25, 0.3) is 0 Å². The first-order chi connectivity index (χ1) is 13.9. The average molecular weight is 445 g/mol. The number of alkyl halides is 3. The molecular formula is C19H22F3N3O4S. The van der Waals surface area contributed by atoms with E-state index in [4.69, 9.17) is 0 Å². The van der Waals surface area contributed by atoms with Crippen molar-refractivity contribution in [3.63, 3.8) is 0 Å². The van der Waals surface area contributed by atoms with Gasteiger partial charge in [0.2, 0.25) is 15.9 Å². The van der Waals surface area contributed by atoms with Gasteiger partial charge in [0, 0.05) is 25.5 Å². The van der Waals surface area contributed by atoms with E-state index in [1.54, 1.807) is 13.0 Å². The zero-order chi connectivity index (χ0) is 22.5. The summed E-state index contributed by atoms with van der Waals surface area (Å²) < 4.78 is 66.6. The van der Waals surface area contributed by atoms with Crippen molar-refractivity contribution in [2.45, 2.75) is 24.0 Å². The summed E-state index contributed by atoms with van der Waals surface area (Å²) in [7, 11) is -0.821. The first kappa shape index (κ1) is 23.5. The van der Waals surface area contributed by atoms with Crippen LogP contribution >= 0.6 is 0 Å². The van der Waals surface area contributed by atoms with Crippen molar-refractivity contribution in [2.24, 2.45) is 0 Å². The van der Waals surface area contributed by atoms with Crippen molar-refractivity contribution in [3.8, 4) is 5.75 Å². The Kier molecular flexibility index (Phi) is 7.32. The number of halogens is 3. The van der Waals surface area contributed by atoms with Crippen LogP contribution < -0.4 is 15.4 Å². The predicted octanol–water partition coefficient (Wildman–Crippen LogP) is 3.32. The summed E-state index contributed by atoms with van der Waals surface area (Å²) >= 11 is 0. The Morgan fingerprint density at radius 1 is 1.10 bits per heavy atom. The molecule has 0 saturated carbocycles. The van der Waals surface area contributed by atoms with Gasteiger partial charge < -0.3 is 15.4 Å². The summed E-state index contributed by atoms with van der Waals surface area (Å²) in [5.74, 6) is -0.374. The molecule has 1 amide bonds. The van der Waals surface area contributed by atoms with Crippen molar-refractivity contribution >= 4 is 27.3 Å². The van der Waals surface area contributed by atoms with Gasteiger partial charge in [-0.25, -0.2) is 12.7 Å². The number of anilines is 2. The highest BCUT2D eigenvalue weighted by Gasteiger charge is 2.28. The Bertz CT molecular complexity index is 977. The fourth-order valence-corrected chi connectivity index (χ4v) is 3.27. The van der Waals surface area contributed by atoms with Crippen molar-refractivity contribution < 1.29 is 31.1 Å². The average Bonchev–Trinajstić information content (AvgIpc) is 2.66. The van der Waals surface area contributed by atoms with Gasteiger partial charge in [0.05, 0.1) is 4.90 Å². The maximum absolute atomic E-state index is 12.4. The first-order valence-corrected chi connectivity index (χ1v) is 10.2. The van der Waals surface area contributed by atoms with Crippen LogP contribution in [-0.4, -0.2) is 51.6 Å². The van der Waals surface area contributed by atoms with Gasteiger partial charge in [-0.2, -0.15) is 13.2 Å². The third-order valence-electron chi connectivity index (χ3n) is 3.91. The van der Waals surface area contributed by atoms with Crippen LogP contribution in [0.5, 0.6) is 5.75 Å². The van der Waals surface area contributed by atoms with Crippen molar-refractivity contribution in [1.29, 1.82) is 0 Å². The van der Waals surface area contributed by atoms with E-state index < -0.39 is 34.8 Å². The molecule has 2 aromatic rings. The van der Waals surface area contributed by atoms with E-state index in [9.17, 15) is 26.4 Å². The van der Waals surface area contributed by atoms with E-state index in [0.29, 0.717) is 11.4 Å². The number of ether oxygens (including phenoxy) is 1. The van der Waals surface area contributed by atoms with Gasteiger partial charge in [0.1, 0.15) is 11.8 Å². The van der Waals surface area contributed by atoms with Crippen molar-refractivity contribution in [2.75, 3.05) is 31.3 Å². The lowest BCUT2D eigenvalue weighted by molar-refractivity contribution is -0.153. The zero-order valence-corrected chi connectivity index (χ0v) is 17.3. The molecule has 2 N–H and O–H groups in total. The number of nitrogens with one attached hydrogen (secondary N) is 2. The van der Waals surface area contributed by atoms with Gasteiger partial charge in [-0.05, 0) is 49.4 Å². The molecule has 7 nitrogen and oxygen atoms in total. The van der Waals surface area contributed by atoms with Gasteiger partial charge in [-0.1, -0.05) is 6.07 Å². The molecule has 164 valence electrons. The number of carbonyl (C=O) groups excluding carboxylic acids is 1. The fraction of sp³-hybridized carbons (Fsp3) is 0.316. The highest BCUT2D eigenvalue weighted by molar-refractivity contribution is 7.89. The molecule has 1 atom stereocenters. The van der Waals surface area contributed by atoms with Crippen LogP contribution in [0.4, 0.5) is 24.5 Å². The largest absolute Gasteiger partial charge is 0.484 e. The minimum atomic E-state index is -4.42. The molecule has 0 aromatic heterocycles. The van der Waals surface area contributed by atoms with E-state index >= 15 is 0 Å². The molecule has 0 aliphatic carbocycles. The lowest BCUT2D eigenvalue weighted by Gasteiger charge is -2.17. The minimum absolute atomic E-state index is 0.0420. The summed E-state index contributed by atoms with van der Waals surface area (Å²) in [6.07, 6.45) is -4.42.